The molecule has 3 amide bonds. The fourth-order valence-electron chi connectivity index (χ4n) is 1.27. The summed E-state index contributed by atoms with van der Waals surface area (Å²) in [7, 11) is 0. The van der Waals surface area contributed by atoms with Gasteiger partial charge in [-0.25, -0.2) is 14.0 Å². The van der Waals surface area contributed by atoms with Crippen LogP contribution in [0, 0.1) is 5.82 Å². The second-order valence-electron chi connectivity index (χ2n) is 3.59. The van der Waals surface area contributed by atoms with Gasteiger partial charge in [-0.05, 0) is 18.2 Å². The van der Waals surface area contributed by atoms with Gasteiger partial charge in [-0.2, -0.15) is 0 Å². The van der Waals surface area contributed by atoms with Crippen molar-refractivity contribution in [3.63, 3.8) is 0 Å². The average molecular weight is 269 g/mol. The summed E-state index contributed by atoms with van der Waals surface area (Å²) in [4.78, 5) is 32.7. The highest BCUT2D eigenvalue weighted by molar-refractivity contribution is 6.00. The monoisotopic (exact) mass is 269 g/mol. The minimum absolute atomic E-state index is 0.0186. The first kappa shape index (κ1) is 14.4. The number of anilines is 1. The van der Waals surface area contributed by atoms with Crippen LogP contribution < -0.4 is 16.4 Å². The second-order valence-corrected chi connectivity index (χ2v) is 3.59. The van der Waals surface area contributed by atoms with Crippen molar-refractivity contribution in [2.24, 2.45) is 5.73 Å². The molecule has 1 aromatic carbocycles. The van der Waals surface area contributed by atoms with Crippen LogP contribution in [0.1, 0.15) is 16.8 Å². The van der Waals surface area contributed by atoms with E-state index in [2.05, 4.69) is 10.6 Å². The van der Waals surface area contributed by atoms with Gasteiger partial charge < -0.3 is 21.5 Å². The minimum Gasteiger partial charge on any atom is -0.478 e. The third-order valence-electron chi connectivity index (χ3n) is 2.12. The van der Waals surface area contributed by atoms with Crippen molar-refractivity contribution < 1.29 is 23.9 Å². The zero-order valence-corrected chi connectivity index (χ0v) is 9.77. The molecule has 0 aliphatic heterocycles. The molecule has 0 radical (unpaired) electrons. The van der Waals surface area contributed by atoms with Crippen LogP contribution in [-0.4, -0.2) is 29.6 Å². The summed E-state index contributed by atoms with van der Waals surface area (Å²) in [6.07, 6.45) is -0.0391. The van der Waals surface area contributed by atoms with Crippen LogP contribution >= 0.6 is 0 Å². The Morgan fingerprint density at radius 2 is 2.00 bits per heavy atom. The van der Waals surface area contributed by atoms with E-state index in [0.29, 0.717) is 0 Å². The maximum absolute atomic E-state index is 12.9. The number of hydrogen-bond donors (Lipinski definition) is 4. The summed E-state index contributed by atoms with van der Waals surface area (Å²) in [5.41, 5.74) is 4.46. The van der Waals surface area contributed by atoms with Gasteiger partial charge in [-0.1, -0.05) is 0 Å². The zero-order chi connectivity index (χ0) is 14.4. The first-order chi connectivity index (χ1) is 8.90. The van der Waals surface area contributed by atoms with Crippen LogP contribution in [0.2, 0.25) is 0 Å². The summed E-state index contributed by atoms with van der Waals surface area (Å²) in [6.45, 7) is 0.0186. The number of carbonyl (C=O) groups excluding carboxylic acids is 2. The topological polar surface area (TPSA) is 122 Å². The van der Waals surface area contributed by atoms with Gasteiger partial charge in [0.15, 0.2) is 0 Å². The molecule has 7 nitrogen and oxygen atoms in total. The van der Waals surface area contributed by atoms with E-state index in [1.807, 2.05) is 0 Å². The van der Waals surface area contributed by atoms with Gasteiger partial charge in [-0.15, -0.1) is 0 Å². The van der Waals surface area contributed by atoms with Crippen molar-refractivity contribution in [2.75, 3.05) is 11.9 Å². The number of rotatable bonds is 5. The molecule has 0 aromatic heterocycles. The number of urea groups is 1. The third kappa shape index (κ3) is 4.62. The normalized spacial score (nSPS) is 9.74. The summed E-state index contributed by atoms with van der Waals surface area (Å²) in [5.74, 6) is -2.67. The highest BCUT2D eigenvalue weighted by Crippen LogP contribution is 2.16. The lowest BCUT2D eigenvalue weighted by atomic mass is 10.2. The molecule has 1 rings (SSSR count). The smallest absolute Gasteiger partial charge is 0.337 e. The SMILES string of the molecule is NC(=O)CCNC(=O)Nc1ccc(F)cc1C(=O)O. The summed E-state index contributed by atoms with van der Waals surface area (Å²) in [6, 6.07) is 2.23. The zero-order valence-electron chi connectivity index (χ0n) is 9.77. The highest BCUT2D eigenvalue weighted by Gasteiger charge is 2.13. The third-order valence-corrected chi connectivity index (χ3v) is 2.12. The lowest BCUT2D eigenvalue weighted by Crippen LogP contribution is -2.32. The Morgan fingerprint density at radius 1 is 1.32 bits per heavy atom. The standard InChI is InChI=1S/C11H12FN3O4/c12-6-1-2-8(7(5-6)10(17)18)15-11(19)14-4-3-9(13)16/h1-2,5H,3-4H2,(H2,13,16)(H,17,18)(H2,14,15,19). The number of carboxylic acids is 1. The van der Waals surface area contributed by atoms with Crippen molar-refractivity contribution in [3.05, 3.63) is 29.6 Å². The van der Waals surface area contributed by atoms with Gasteiger partial charge in [-0.3, -0.25) is 4.79 Å². The van der Waals surface area contributed by atoms with Gasteiger partial charge in [0.2, 0.25) is 5.91 Å². The summed E-state index contributed by atoms with van der Waals surface area (Å²) >= 11 is 0. The number of hydrogen-bond acceptors (Lipinski definition) is 3. The molecule has 1 aromatic rings. The Balaban J connectivity index is 2.68. The van der Waals surface area contributed by atoms with E-state index in [-0.39, 0.29) is 24.2 Å². The molecule has 0 fully saturated rings. The van der Waals surface area contributed by atoms with Crippen molar-refractivity contribution in [3.8, 4) is 0 Å². The first-order valence-electron chi connectivity index (χ1n) is 5.26. The van der Waals surface area contributed by atoms with E-state index in [1.165, 1.54) is 0 Å². The molecular formula is C11H12FN3O4. The first-order valence-corrected chi connectivity index (χ1v) is 5.26. The van der Waals surface area contributed by atoms with E-state index in [4.69, 9.17) is 10.8 Å². The van der Waals surface area contributed by atoms with Gasteiger partial charge >= 0.3 is 12.0 Å². The maximum Gasteiger partial charge on any atom is 0.337 e. The van der Waals surface area contributed by atoms with Crippen LogP contribution in [0.4, 0.5) is 14.9 Å². The molecule has 19 heavy (non-hydrogen) atoms. The van der Waals surface area contributed by atoms with Gasteiger partial charge in [0.05, 0.1) is 11.3 Å². The number of halogens is 1. The van der Waals surface area contributed by atoms with Crippen molar-refractivity contribution in [1.29, 1.82) is 0 Å². The molecule has 0 atom stereocenters. The molecule has 8 heteroatoms. The van der Waals surface area contributed by atoms with Gasteiger partial charge in [0.25, 0.3) is 0 Å². The number of nitrogens with two attached hydrogens (primary N) is 1. The summed E-state index contributed by atoms with van der Waals surface area (Å²) < 4.78 is 12.9. The van der Waals surface area contributed by atoms with Crippen molar-refractivity contribution >= 4 is 23.6 Å². The average Bonchev–Trinajstić information content (AvgIpc) is 2.30. The van der Waals surface area contributed by atoms with Crippen LogP contribution in [0.3, 0.4) is 0 Å². The molecule has 0 heterocycles. The Bertz CT molecular complexity index is 519. The van der Waals surface area contributed by atoms with Crippen LogP contribution in [-0.2, 0) is 4.79 Å². The van der Waals surface area contributed by atoms with Crippen molar-refractivity contribution in [2.45, 2.75) is 6.42 Å². The predicted octanol–water partition coefficient (Wildman–Crippen LogP) is 0.521. The van der Waals surface area contributed by atoms with E-state index in [0.717, 1.165) is 18.2 Å². The Kier molecular flexibility index (Phi) is 4.81. The molecule has 0 bridgehead atoms. The highest BCUT2D eigenvalue weighted by atomic mass is 19.1. The fourth-order valence-corrected chi connectivity index (χ4v) is 1.27. The van der Waals surface area contributed by atoms with Gasteiger partial charge in [0, 0.05) is 13.0 Å². The van der Waals surface area contributed by atoms with E-state index in [1.54, 1.807) is 0 Å². The van der Waals surface area contributed by atoms with Gasteiger partial charge in [0.1, 0.15) is 5.82 Å². The molecule has 0 spiro atoms. The minimum atomic E-state index is -1.37. The Morgan fingerprint density at radius 3 is 2.58 bits per heavy atom. The van der Waals surface area contributed by atoms with Crippen molar-refractivity contribution in [1.82, 2.24) is 5.32 Å². The van der Waals surface area contributed by atoms with E-state index in [9.17, 15) is 18.8 Å². The molecule has 0 saturated carbocycles. The number of amides is 3. The largest absolute Gasteiger partial charge is 0.478 e. The molecule has 0 aliphatic carbocycles. The molecular weight excluding hydrogens is 257 g/mol. The van der Waals surface area contributed by atoms with Crippen LogP contribution in [0.15, 0.2) is 18.2 Å². The quantitative estimate of drug-likeness (QED) is 0.622. The number of carbonyl (C=O) groups is 3. The van der Waals surface area contributed by atoms with Crippen LogP contribution in [0.5, 0.6) is 0 Å². The van der Waals surface area contributed by atoms with E-state index >= 15 is 0 Å². The molecule has 0 saturated heterocycles. The lowest BCUT2D eigenvalue weighted by molar-refractivity contribution is -0.117. The molecule has 0 unspecified atom stereocenters. The number of aromatic carboxylic acids is 1. The second kappa shape index (κ2) is 6.34. The fraction of sp³-hybridized carbons (Fsp3) is 0.182. The Hall–Kier alpha value is -2.64. The number of benzene rings is 1. The molecule has 0 aliphatic rings. The lowest BCUT2D eigenvalue weighted by Gasteiger charge is -2.09. The summed E-state index contributed by atoms with van der Waals surface area (Å²) in [5, 5.41) is 13.4. The number of primary amides is 1. The number of nitrogens with one attached hydrogen (secondary N) is 2. The van der Waals surface area contributed by atoms with E-state index < -0.39 is 23.7 Å². The molecule has 102 valence electrons. The maximum atomic E-state index is 12.9. The molecule has 5 N–H and O–H groups in total. The Labute approximate surface area is 107 Å². The predicted molar refractivity (Wildman–Crippen MR) is 64.2 cm³/mol. The number of carboxylic acid groups (broad SMARTS) is 1. The van der Waals surface area contributed by atoms with Crippen LogP contribution in [0.25, 0.3) is 0 Å².